The third-order valence-electron chi connectivity index (χ3n) is 2.86. The smallest absolute Gasteiger partial charge is 0.380 e. The van der Waals surface area contributed by atoms with Crippen LogP contribution in [-0.2, 0) is 4.79 Å². The molecule has 2 unspecified atom stereocenters. The van der Waals surface area contributed by atoms with E-state index >= 15 is 0 Å². The van der Waals surface area contributed by atoms with Crippen molar-refractivity contribution in [2.45, 2.75) is 38.1 Å². The first-order chi connectivity index (χ1) is 9.04. The number of benzene rings is 1. The topological polar surface area (TPSA) is 49.3 Å². The quantitative estimate of drug-likeness (QED) is 0.897. The van der Waals surface area contributed by atoms with Crippen LogP contribution in [0.1, 0.15) is 31.9 Å². The van der Waals surface area contributed by atoms with E-state index in [-0.39, 0.29) is 0 Å². The predicted molar refractivity (Wildman–Crippen MR) is 69.3 cm³/mol. The van der Waals surface area contributed by atoms with E-state index in [1.165, 1.54) is 0 Å². The first-order valence-corrected chi connectivity index (χ1v) is 6.25. The molecule has 0 aliphatic rings. The first kappa shape index (κ1) is 16.8. The van der Waals surface area contributed by atoms with E-state index in [4.69, 9.17) is 11.6 Å². The summed E-state index contributed by atoms with van der Waals surface area (Å²) in [6, 6.07) is 6.13. The number of alkyl halides is 3. The molecule has 1 aromatic carbocycles. The number of carbonyl (C=O) groups is 1. The monoisotopic (exact) mass is 309 g/mol. The molecule has 1 rings (SSSR count). The second-order valence-corrected chi connectivity index (χ2v) is 5.17. The summed E-state index contributed by atoms with van der Waals surface area (Å²) in [5, 5.41) is 12.0. The minimum Gasteiger partial charge on any atom is -0.380 e. The van der Waals surface area contributed by atoms with E-state index in [0.717, 1.165) is 0 Å². The Morgan fingerprint density at radius 3 is 2.45 bits per heavy atom. The molecule has 1 amide bonds. The summed E-state index contributed by atoms with van der Waals surface area (Å²) in [7, 11) is 0. The first-order valence-electron chi connectivity index (χ1n) is 5.87. The maximum absolute atomic E-state index is 12.5. The number of halogens is 4. The van der Waals surface area contributed by atoms with E-state index in [0.29, 0.717) is 17.5 Å². The lowest BCUT2D eigenvalue weighted by Crippen LogP contribution is -2.46. The van der Waals surface area contributed by atoms with Gasteiger partial charge in [0.15, 0.2) is 5.60 Å². The van der Waals surface area contributed by atoms with E-state index in [1.807, 2.05) is 0 Å². The molecule has 0 saturated carbocycles. The molecule has 0 spiro atoms. The second-order valence-electron chi connectivity index (χ2n) is 4.76. The molecule has 20 heavy (non-hydrogen) atoms. The van der Waals surface area contributed by atoms with Gasteiger partial charge in [0.25, 0.3) is 0 Å². The Kier molecular flexibility index (Phi) is 5.05. The Bertz CT molecular complexity index is 489. The fourth-order valence-electron chi connectivity index (χ4n) is 1.61. The van der Waals surface area contributed by atoms with E-state index in [1.54, 1.807) is 31.2 Å². The fraction of sp³-hybridized carbons (Fsp3) is 0.462. The Morgan fingerprint density at radius 1 is 1.40 bits per heavy atom. The highest BCUT2D eigenvalue weighted by Crippen LogP contribution is 2.32. The Morgan fingerprint density at radius 2 is 1.95 bits per heavy atom. The summed E-state index contributed by atoms with van der Waals surface area (Å²) < 4.78 is 37.4. The van der Waals surface area contributed by atoms with Gasteiger partial charge in [-0.1, -0.05) is 29.8 Å². The average molecular weight is 310 g/mol. The van der Waals surface area contributed by atoms with Gasteiger partial charge < -0.3 is 10.4 Å². The molecule has 0 aromatic heterocycles. The largest absolute Gasteiger partial charge is 0.417 e. The number of hydrogen-bond donors (Lipinski definition) is 2. The van der Waals surface area contributed by atoms with Crippen LogP contribution in [0.15, 0.2) is 24.3 Å². The number of nitrogens with one attached hydrogen (secondary N) is 1. The zero-order valence-electron chi connectivity index (χ0n) is 11.0. The van der Waals surface area contributed by atoms with Gasteiger partial charge in [-0.2, -0.15) is 13.2 Å². The SMILES string of the molecule is CC(NC(=O)CC(C)(O)C(F)(F)F)c1ccccc1Cl. The highest BCUT2D eigenvalue weighted by molar-refractivity contribution is 6.31. The average Bonchev–Trinajstić information content (AvgIpc) is 2.26. The van der Waals surface area contributed by atoms with Gasteiger partial charge in [0, 0.05) is 5.02 Å². The van der Waals surface area contributed by atoms with Crippen molar-refractivity contribution in [3.8, 4) is 0 Å². The van der Waals surface area contributed by atoms with Crippen molar-refractivity contribution in [1.29, 1.82) is 0 Å². The minimum absolute atomic E-state index is 0.405. The van der Waals surface area contributed by atoms with Gasteiger partial charge in [-0.15, -0.1) is 0 Å². The molecule has 0 saturated heterocycles. The van der Waals surface area contributed by atoms with Crippen molar-refractivity contribution < 1.29 is 23.1 Å². The van der Waals surface area contributed by atoms with Gasteiger partial charge in [-0.05, 0) is 25.5 Å². The fourth-order valence-corrected chi connectivity index (χ4v) is 1.91. The molecule has 2 N–H and O–H groups in total. The number of amides is 1. The van der Waals surface area contributed by atoms with Crippen LogP contribution in [0.4, 0.5) is 13.2 Å². The Labute approximate surface area is 119 Å². The summed E-state index contributed by atoms with van der Waals surface area (Å²) in [5.74, 6) is -0.903. The molecular formula is C13H15ClF3NO2. The van der Waals surface area contributed by atoms with Crippen LogP contribution in [-0.4, -0.2) is 22.8 Å². The minimum atomic E-state index is -4.86. The van der Waals surface area contributed by atoms with Crippen molar-refractivity contribution in [3.63, 3.8) is 0 Å². The Balaban J connectivity index is 2.71. The van der Waals surface area contributed by atoms with Gasteiger partial charge >= 0.3 is 6.18 Å². The summed E-state index contributed by atoms with van der Waals surface area (Å²) in [5.41, 5.74) is -2.47. The normalized spacial score (nSPS) is 16.4. The van der Waals surface area contributed by atoms with Gasteiger partial charge in [-0.3, -0.25) is 4.79 Å². The van der Waals surface area contributed by atoms with Crippen LogP contribution in [0, 0.1) is 0 Å². The van der Waals surface area contributed by atoms with E-state index in [9.17, 15) is 23.1 Å². The third-order valence-corrected chi connectivity index (χ3v) is 3.21. The molecule has 0 radical (unpaired) electrons. The summed E-state index contributed by atoms with van der Waals surface area (Å²) in [6.07, 6.45) is -5.93. The summed E-state index contributed by atoms with van der Waals surface area (Å²) >= 11 is 5.93. The zero-order valence-corrected chi connectivity index (χ0v) is 11.7. The van der Waals surface area contributed by atoms with E-state index in [2.05, 4.69) is 5.32 Å². The molecule has 7 heteroatoms. The predicted octanol–water partition coefficient (Wildman–Crippen LogP) is 3.22. The van der Waals surface area contributed by atoms with Gasteiger partial charge in [0.05, 0.1) is 12.5 Å². The van der Waals surface area contributed by atoms with Crippen molar-refractivity contribution in [2.24, 2.45) is 0 Å². The highest BCUT2D eigenvalue weighted by atomic mass is 35.5. The molecule has 0 fully saturated rings. The number of hydrogen-bond acceptors (Lipinski definition) is 2. The van der Waals surface area contributed by atoms with Crippen molar-refractivity contribution in [1.82, 2.24) is 5.32 Å². The highest BCUT2D eigenvalue weighted by Gasteiger charge is 2.51. The lowest BCUT2D eigenvalue weighted by molar-refractivity contribution is -0.253. The molecule has 0 heterocycles. The van der Waals surface area contributed by atoms with Gasteiger partial charge in [0.2, 0.25) is 5.91 Å². The van der Waals surface area contributed by atoms with Crippen LogP contribution in [0.3, 0.4) is 0 Å². The molecule has 0 aliphatic heterocycles. The molecule has 1 aromatic rings. The zero-order chi connectivity index (χ0) is 15.6. The maximum atomic E-state index is 12.5. The maximum Gasteiger partial charge on any atom is 0.417 e. The molecule has 3 nitrogen and oxygen atoms in total. The van der Waals surface area contributed by atoms with Crippen molar-refractivity contribution in [2.75, 3.05) is 0 Å². The molecule has 2 atom stereocenters. The molecule has 0 bridgehead atoms. The summed E-state index contributed by atoms with van der Waals surface area (Å²) in [4.78, 5) is 11.6. The number of aliphatic hydroxyl groups is 1. The molecular weight excluding hydrogens is 295 g/mol. The Hall–Kier alpha value is -1.27. The van der Waals surface area contributed by atoms with E-state index < -0.39 is 30.1 Å². The number of carbonyl (C=O) groups excluding carboxylic acids is 1. The lowest BCUT2D eigenvalue weighted by atomic mass is 10.0. The summed E-state index contributed by atoms with van der Waals surface area (Å²) in [6.45, 7) is 2.16. The second kappa shape index (κ2) is 6.01. The van der Waals surface area contributed by atoms with Gasteiger partial charge in [-0.25, -0.2) is 0 Å². The number of rotatable bonds is 4. The third kappa shape index (κ3) is 4.11. The van der Waals surface area contributed by atoms with Crippen LogP contribution >= 0.6 is 11.6 Å². The van der Waals surface area contributed by atoms with Crippen LogP contribution in [0.5, 0.6) is 0 Å². The molecule has 0 aliphatic carbocycles. The lowest BCUT2D eigenvalue weighted by Gasteiger charge is -2.26. The van der Waals surface area contributed by atoms with Crippen molar-refractivity contribution in [3.05, 3.63) is 34.9 Å². The van der Waals surface area contributed by atoms with Crippen molar-refractivity contribution >= 4 is 17.5 Å². The van der Waals surface area contributed by atoms with Crippen LogP contribution in [0.25, 0.3) is 0 Å². The van der Waals surface area contributed by atoms with Crippen LogP contribution < -0.4 is 5.32 Å². The molecule has 112 valence electrons. The van der Waals surface area contributed by atoms with Crippen LogP contribution in [0.2, 0.25) is 5.02 Å². The van der Waals surface area contributed by atoms with Gasteiger partial charge in [0.1, 0.15) is 0 Å². The standard InChI is InChI=1S/C13H15ClF3NO2/c1-8(9-5-3-4-6-10(9)14)18-11(19)7-12(2,20)13(15,16)17/h3-6,8,20H,7H2,1-2H3,(H,18,19).